The van der Waals surface area contributed by atoms with Gasteiger partial charge in [0.1, 0.15) is 0 Å². The summed E-state index contributed by atoms with van der Waals surface area (Å²) >= 11 is 0. The molecule has 126 valence electrons. The summed E-state index contributed by atoms with van der Waals surface area (Å²) in [6.07, 6.45) is 7.51. The largest absolute Gasteiger partial charge is 0.481 e. The number of nitrogens with one attached hydrogen (secondary N) is 1. The lowest BCUT2D eigenvalue weighted by atomic mass is 9.86. The number of nitrogens with zero attached hydrogens (tertiary/aromatic N) is 1. The van der Waals surface area contributed by atoms with Crippen molar-refractivity contribution in [2.45, 2.75) is 57.5 Å². The molecular formula is C19H28N2O2. The van der Waals surface area contributed by atoms with E-state index in [0.29, 0.717) is 6.04 Å². The number of benzene rings is 1. The molecule has 2 fully saturated rings. The second-order valence-corrected chi connectivity index (χ2v) is 7.07. The highest BCUT2D eigenvalue weighted by atomic mass is 16.4. The van der Waals surface area contributed by atoms with Crippen molar-refractivity contribution in [3.8, 4) is 0 Å². The maximum absolute atomic E-state index is 11.0. The predicted octanol–water partition coefficient (Wildman–Crippen LogP) is 3.73. The average Bonchev–Trinajstić information content (AvgIpc) is 2.57. The van der Waals surface area contributed by atoms with Crippen molar-refractivity contribution in [1.82, 2.24) is 4.90 Å². The Labute approximate surface area is 138 Å². The summed E-state index contributed by atoms with van der Waals surface area (Å²) in [4.78, 5) is 13.6. The maximum atomic E-state index is 11.0. The number of aliphatic carboxylic acids is 1. The van der Waals surface area contributed by atoms with Gasteiger partial charge in [0.05, 0.1) is 5.92 Å². The van der Waals surface area contributed by atoms with Crippen molar-refractivity contribution in [1.29, 1.82) is 0 Å². The molecule has 1 aliphatic carbocycles. The molecule has 4 nitrogen and oxygen atoms in total. The molecule has 0 unspecified atom stereocenters. The van der Waals surface area contributed by atoms with Gasteiger partial charge in [-0.1, -0.05) is 18.6 Å². The van der Waals surface area contributed by atoms with Crippen LogP contribution in [0.15, 0.2) is 24.3 Å². The number of rotatable bonds is 5. The lowest BCUT2D eigenvalue weighted by molar-refractivity contribution is -0.142. The molecule has 0 aromatic heterocycles. The third-order valence-corrected chi connectivity index (χ3v) is 5.23. The summed E-state index contributed by atoms with van der Waals surface area (Å²) < 4.78 is 0. The fourth-order valence-electron chi connectivity index (χ4n) is 3.86. The minimum Gasteiger partial charge on any atom is -0.481 e. The van der Waals surface area contributed by atoms with Crippen LogP contribution in [0.3, 0.4) is 0 Å². The van der Waals surface area contributed by atoms with E-state index in [1.165, 1.54) is 43.6 Å². The Hall–Kier alpha value is -1.55. The van der Waals surface area contributed by atoms with E-state index in [2.05, 4.69) is 34.5 Å². The number of carbonyl (C=O) groups is 1. The Balaban J connectivity index is 1.52. The molecule has 1 heterocycles. The fourth-order valence-corrected chi connectivity index (χ4v) is 3.86. The molecule has 1 aromatic rings. The fraction of sp³-hybridized carbons (Fsp3) is 0.632. The topological polar surface area (TPSA) is 52.6 Å². The molecule has 0 amide bonds. The van der Waals surface area contributed by atoms with Crippen LogP contribution in [-0.2, 0) is 11.3 Å². The van der Waals surface area contributed by atoms with Crippen LogP contribution in [0.5, 0.6) is 0 Å². The normalized spacial score (nSPS) is 25.9. The molecule has 1 saturated carbocycles. The molecule has 0 radical (unpaired) electrons. The van der Waals surface area contributed by atoms with Crippen LogP contribution in [0, 0.1) is 5.92 Å². The first-order valence-electron chi connectivity index (χ1n) is 9.01. The van der Waals surface area contributed by atoms with Gasteiger partial charge < -0.3 is 10.4 Å². The second kappa shape index (κ2) is 7.82. The first kappa shape index (κ1) is 16.3. The van der Waals surface area contributed by atoms with Crippen molar-refractivity contribution in [3.63, 3.8) is 0 Å². The van der Waals surface area contributed by atoms with Gasteiger partial charge in [-0.15, -0.1) is 0 Å². The van der Waals surface area contributed by atoms with Crippen molar-refractivity contribution in [3.05, 3.63) is 29.8 Å². The van der Waals surface area contributed by atoms with E-state index in [9.17, 15) is 4.79 Å². The van der Waals surface area contributed by atoms with E-state index in [1.807, 2.05) is 0 Å². The first-order valence-corrected chi connectivity index (χ1v) is 9.01. The van der Waals surface area contributed by atoms with E-state index in [-0.39, 0.29) is 5.92 Å². The van der Waals surface area contributed by atoms with Crippen LogP contribution in [0.25, 0.3) is 0 Å². The molecule has 2 aliphatic rings. The van der Waals surface area contributed by atoms with Crippen LogP contribution in [0.4, 0.5) is 5.69 Å². The van der Waals surface area contributed by atoms with Crippen molar-refractivity contribution >= 4 is 11.7 Å². The van der Waals surface area contributed by atoms with Gasteiger partial charge in [-0.2, -0.15) is 0 Å². The summed E-state index contributed by atoms with van der Waals surface area (Å²) in [6.45, 7) is 3.48. The van der Waals surface area contributed by atoms with E-state index in [1.54, 1.807) is 0 Å². The molecule has 0 spiro atoms. The minimum absolute atomic E-state index is 0.140. The molecule has 0 bridgehead atoms. The summed E-state index contributed by atoms with van der Waals surface area (Å²) in [5, 5.41) is 12.7. The zero-order valence-electron chi connectivity index (χ0n) is 13.8. The van der Waals surface area contributed by atoms with Gasteiger partial charge >= 0.3 is 5.97 Å². The van der Waals surface area contributed by atoms with E-state index in [0.717, 1.165) is 32.2 Å². The van der Waals surface area contributed by atoms with Gasteiger partial charge in [0.25, 0.3) is 0 Å². The lowest BCUT2D eigenvalue weighted by Gasteiger charge is -2.28. The SMILES string of the molecule is O=C(O)C1CCC(Nc2cccc(CN3CCCCC3)c2)CC1. The van der Waals surface area contributed by atoms with Gasteiger partial charge in [0.15, 0.2) is 0 Å². The number of likely N-dealkylation sites (tertiary alicyclic amines) is 1. The van der Waals surface area contributed by atoms with Gasteiger partial charge in [-0.05, 0) is 69.3 Å². The molecule has 1 aliphatic heterocycles. The van der Waals surface area contributed by atoms with Crippen molar-refractivity contribution in [2.75, 3.05) is 18.4 Å². The third kappa shape index (κ3) is 4.71. The molecule has 3 rings (SSSR count). The van der Waals surface area contributed by atoms with Gasteiger partial charge in [-0.3, -0.25) is 9.69 Å². The van der Waals surface area contributed by atoms with E-state index in [4.69, 9.17) is 5.11 Å². The van der Waals surface area contributed by atoms with Crippen LogP contribution < -0.4 is 5.32 Å². The third-order valence-electron chi connectivity index (χ3n) is 5.23. The Morgan fingerprint density at radius 1 is 1.13 bits per heavy atom. The lowest BCUT2D eigenvalue weighted by Crippen LogP contribution is -2.30. The highest BCUT2D eigenvalue weighted by molar-refractivity contribution is 5.70. The highest BCUT2D eigenvalue weighted by Crippen LogP contribution is 2.27. The number of carboxylic acid groups (broad SMARTS) is 1. The number of anilines is 1. The number of hydrogen-bond donors (Lipinski definition) is 2. The van der Waals surface area contributed by atoms with Crippen LogP contribution in [-0.4, -0.2) is 35.1 Å². The molecule has 4 heteroatoms. The number of piperidine rings is 1. The maximum Gasteiger partial charge on any atom is 0.306 e. The summed E-state index contributed by atoms with van der Waals surface area (Å²) in [6, 6.07) is 9.14. The molecule has 1 saturated heterocycles. The Morgan fingerprint density at radius 2 is 1.87 bits per heavy atom. The summed E-state index contributed by atoms with van der Waals surface area (Å²) in [5.41, 5.74) is 2.55. The smallest absolute Gasteiger partial charge is 0.306 e. The number of hydrogen-bond acceptors (Lipinski definition) is 3. The Kier molecular flexibility index (Phi) is 5.55. The minimum atomic E-state index is -0.632. The highest BCUT2D eigenvalue weighted by Gasteiger charge is 2.25. The molecule has 2 N–H and O–H groups in total. The van der Waals surface area contributed by atoms with Crippen LogP contribution >= 0.6 is 0 Å². The Bertz CT molecular complexity index is 518. The van der Waals surface area contributed by atoms with Gasteiger partial charge in [0.2, 0.25) is 0 Å². The Morgan fingerprint density at radius 3 is 2.57 bits per heavy atom. The second-order valence-electron chi connectivity index (χ2n) is 7.07. The van der Waals surface area contributed by atoms with Crippen molar-refractivity contribution < 1.29 is 9.90 Å². The average molecular weight is 316 g/mol. The number of carboxylic acids is 1. The zero-order valence-corrected chi connectivity index (χ0v) is 13.8. The van der Waals surface area contributed by atoms with Gasteiger partial charge in [0, 0.05) is 18.3 Å². The molecule has 0 atom stereocenters. The molecule has 23 heavy (non-hydrogen) atoms. The molecular weight excluding hydrogens is 288 g/mol. The van der Waals surface area contributed by atoms with E-state index < -0.39 is 5.97 Å². The molecule has 1 aromatic carbocycles. The zero-order chi connectivity index (χ0) is 16.1. The monoisotopic (exact) mass is 316 g/mol. The summed E-state index contributed by atoms with van der Waals surface area (Å²) in [5.74, 6) is -0.773. The predicted molar refractivity (Wildman–Crippen MR) is 92.6 cm³/mol. The quantitative estimate of drug-likeness (QED) is 0.869. The van der Waals surface area contributed by atoms with Gasteiger partial charge in [-0.25, -0.2) is 0 Å². The van der Waals surface area contributed by atoms with Crippen molar-refractivity contribution in [2.24, 2.45) is 5.92 Å². The van der Waals surface area contributed by atoms with E-state index >= 15 is 0 Å². The first-order chi connectivity index (χ1) is 11.2. The summed E-state index contributed by atoms with van der Waals surface area (Å²) in [7, 11) is 0. The van der Waals surface area contributed by atoms with Crippen LogP contribution in [0.1, 0.15) is 50.5 Å². The standard InChI is InChI=1S/C19H28N2O2/c22-19(23)16-7-9-17(10-8-16)20-18-6-4-5-15(13-18)14-21-11-2-1-3-12-21/h4-6,13,16-17,20H,1-3,7-12,14H2,(H,22,23). The van der Waals surface area contributed by atoms with Crippen LogP contribution in [0.2, 0.25) is 0 Å².